The first-order valence-electron chi connectivity index (χ1n) is 8.14. The Balaban J connectivity index is 2.70. The molecule has 1 saturated heterocycles. The molecule has 0 aromatic heterocycles. The third-order valence-electron chi connectivity index (χ3n) is 5.00. The Labute approximate surface area is 121 Å². The first kappa shape index (κ1) is 17.0. The van der Waals surface area contributed by atoms with E-state index in [1.807, 2.05) is 0 Å². The van der Waals surface area contributed by atoms with E-state index in [0.717, 1.165) is 18.4 Å². The van der Waals surface area contributed by atoms with Gasteiger partial charge in [0.05, 0.1) is 0 Å². The molecule has 2 unspecified atom stereocenters. The smallest absolute Gasteiger partial charge is 0.0306 e. The van der Waals surface area contributed by atoms with E-state index in [0.29, 0.717) is 5.41 Å². The molecule has 2 nitrogen and oxygen atoms in total. The SMILES string of the molecule is CC(C)CC(C)(CN)N1CCCC(C(C)(C)C)CC1. The van der Waals surface area contributed by atoms with Crippen LogP contribution in [0, 0.1) is 17.3 Å². The summed E-state index contributed by atoms with van der Waals surface area (Å²) >= 11 is 0. The molecule has 1 rings (SSSR count). The lowest BCUT2D eigenvalue weighted by atomic mass is 9.76. The summed E-state index contributed by atoms with van der Waals surface area (Å²) in [5, 5.41) is 0. The van der Waals surface area contributed by atoms with E-state index in [4.69, 9.17) is 5.73 Å². The molecule has 114 valence electrons. The highest BCUT2D eigenvalue weighted by Gasteiger charge is 2.34. The quantitative estimate of drug-likeness (QED) is 0.838. The Hall–Kier alpha value is -0.0800. The normalized spacial score (nSPS) is 26.2. The summed E-state index contributed by atoms with van der Waals surface area (Å²) in [4.78, 5) is 2.68. The largest absolute Gasteiger partial charge is 0.329 e. The second kappa shape index (κ2) is 6.58. The molecule has 1 aliphatic heterocycles. The molecule has 0 amide bonds. The second-order valence-corrected chi connectivity index (χ2v) is 8.28. The van der Waals surface area contributed by atoms with Crippen LogP contribution >= 0.6 is 0 Å². The highest BCUT2D eigenvalue weighted by atomic mass is 15.2. The second-order valence-electron chi connectivity index (χ2n) is 8.28. The van der Waals surface area contributed by atoms with Crippen LogP contribution in [-0.4, -0.2) is 30.1 Å². The molecule has 2 heteroatoms. The average molecular weight is 268 g/mol. The van der Waals surface area contributed by atoms with Gasteiger partial charge in [-0.05, 0) is 62.9 Å². The van der Waals surface area contributed by atoms with Crippen LogP contribution in [0.4, 0.5) is 0 Å². The molecular weight excluding hydrogens is 232 g/mol. The van der Waals surface area contributed by atoms with E-state index in [9.17, 15) is 0 Å². The zero-order valence-electron chi connectivity index (χ0n) is 14.1. The lowest BCUT2D eigenvalue weighted by Crippen LogP contribution is -2.52. The number of nitrogens with two attached hydrogens (primary N) is 1. The molecule has 0 aromatic carbocycles. The standard InChI is InChI=1S/C17H36N2/c1-14(2)12-17(6,13-18)19-10-7-8-15(9-11-19)16(3,4)5/h14-15H,7-13,18H2,1-6H3. The maximum absolute atomic E-state index is 6.12. The van der Waals surface area contributed by atoms with Gasteiger partial charge in [0, 0.05) is 12.1 Å². The fraction of sp³-hybridized carbons (Fsp3) is 1.00. The van der Waals surface area contributed by atoms with Crippen molar-refractivity contribution in [3.05, 3.63) is 0 Å². The van der Waals surface area contributed by atoms with Gasteiger partial charge in [0.25, 0.3) is 0 Å². The van der Waals surface area contributed by atoms with Gasteiger partial charge < -0.3 is 5.73 Å². The molecular formula is C17H36N2. The van der Waals surface area contributed by atoms with Crippen LogP contribution in [0.2, 0.25) is 0 Å². The van der Waals surface area contributed by atoms with Crippen molar-refractivity contribution >= 4 is 0 Å². The summed E-state index contributed by atoms with van der Waals surface area (Å²) in [6.07, 6.45) is 5.25. The Morgan fingerprint density at radius 3 is 2.21 bits per heavy atom. The number of hydrogen-bond acceptors (Lipinski definition) is 2. The number of rotatable bonds is 4. The van der Waals surface area contributed by atoms with E-state index >= 15 is 0 Å². The van der Waals surface area contributed by atoms with Crippen molar-refractivity contribution in [2.45, 2.75) is 72.8 Å². The molecule has 0 spiro atoms. The fourth-order valence-electron chi connectivity index (χ4n) is 3.72. The molecule has 0 aliphatic carbocycles. The highest BCUT2D eigenvalue weighted by molar-refractivity contribution is 4.91. The Morgan fingerprint density at radius 2 is 1.74 bits per heavy atom. The first-order chi connectivity index (χ1) is 8.69. The summed E-state index contributed by atoms with van der Waals surface area (Å²) < 4.78 is 0. The minimum Gasteiger partial charge on any atom is -0.329 e. The number of hydrogen-bond donors (Lipinski definition) is 1. The van der Waals surface area contributed by atoms with Gasteiger partial charge in [-0.1, -0.05) is 34.6 Å². The Bertz CT molecular complexity index is 267. The lowest BCUT2D eigenvalue weighted by Gasteiger charge is -2.42. The van der Waals surface area contributed by atoms with Crippen LogP contribution < -0.4 is 5.73 Å². The van der Waals surface area contributed by atoms with E-state index in [2.05, 4.69) is 46.4 Å². The maximum atomic E-state index is 6.12. The molecule has 1 aliphatic rings. The zero-order valence-corrected chi connectivity index (χ0v) is 14.1. The van der Waals surface area contributed by atoms with Crippen LogP contribution in [0.15, 0.2) is 0 Å². The van der Waals surface area contributed by atoms with Gasteiger partial charge in [-0.25, -0.2) is 0 Å². The first-order valence-corrected chi connectivity index (χ1v) is 8.14. The van der Waals surface area contributed by atoms with Crippen molar-refractivity contribution in [3.63, 3.8) is 0 Å². The van der Waals surface area contributed by atoms with Gasteiger partial charge in [0.2, 0.25) is 0 Å². The summed E-state index contributed by atoms with van der Waals surface area (Å²) in [6.45, 7) is 17.4. The van der Waals surface area contributed by atoms with Gasteiger partial charge in [-0.3, -0.25) is 4.90 Å². The van der Waals surface area contributed by atoms with Crippen molar-refractivity contribution in [2.75, 3.05) is 19.6 Å². The van der Waals surface area contributed by atoms with Gasteiger partial charge in [0.15, 0.2) is 0 Å². The Morgan fingerprint density at radius 1 is 1.11 bits per heavy atom. The topological polar surface area (TPSA) is 29.3 Å². The molecule has 2 atom stereocenters. The monoisotopic (exact) mass is 268 g/mol. The molecule has 0 bridgehead atoms. The third-order valence-corrected chi connectivity index (χ3v) is 5.00. The Kier molecular flexibility index (Phi) is 5.88. The van der Waals surface area contributed by atoms with Crippen LogP contribution in [0.3, 0.4) is 0 Å². The fourth-order valence-corrected chi connectivity index (χ4v) is 3.72. The van der Waals surface area contributed by atoms with Crippen molar-refractivity contribution in [3.8, 4) is 0 Å². The van der Waals surface area contributed by atoms with E-state index < -0.39 is 0 Å². The van der Waals surface area contributed by atoms with Crippen molar-refractivity contribution in [1.29, 1.82) is 0 Å². The summed E-state index contributed by atoms with van der Waals surface area (Å²) in [6, 6.07) is 0. The maximum Gasteiger partial charge on any atom is 0.0306 e. The molecule has 0 aromatic rings. The van der Waals surface area contributed by atoms with Crippen molar-refractivity contribution < 1.29 is 0 Å². The predicted molar refractivity (Wildman–Crippen MR) is 85.3 cm³/mol. The summed E-state index contributed by atoms with van der Waals surface area (Å²) in [5.74, 6) is 1.58. The molecule has 0 saturated carbocycles. The van der Waals surface area contributed by atoms with Crippen LogP contribution in [0.5, 0.6) is 0 Å². The van der Waals surface area contributed by atoms with Gasteiger partial charge in [-0.15, -0.1) is 0 Å². The summed E-state index contributed by atoms with van der Waals surface area (Å²) in [7, 11) is 0. The van der Waals surface area contributed by atoms with E-state index in [-0.39, 0.29) is 5.54 Å². The van der Waals surface area contributed by atoms with Crippen LogP contribution in [-0.2, 0) is 0 Å². The molecule has 2 N–H and O–H groups in total. The van der Waals surface area contributed by atoms with Crippen LogP contribution in [0.1, 0.15) is 67.2 Å². The zero-order chi connectivity index (χ0) is 14.7. The summed E-state index contributed by atoms with van der Waals surface area (Å²) in [5.41, 5.74) is 6.76. The van der Waals surface area contributed by atoms with Gasteiger partial charge in [0.1, 0.15) is 0 Å². The lowest BCUT2D eigenvalue weighted by molar-refractivity contribution is 0.0885. The van der Waals surface area contributed by atoms with Gasteiger partial charge in [-0.2, -0.15) is 0 Å². The number of nitrogens with zero attached hydrogens (tertiary/aromatic N) is 1. The molecule has 1 fully saturated rings. The van der Waals surface area contributed by atoms with E-state index in [1.165, 1.54) is 38.8 Å². The molecule has 1 heterocycles. The minimum atomic E-state index is 0.195. The van der Waals surface area contributed by atoms with E-state index in [1.54, 1.807) is 0 Å². The van der Waals surface area contributed by atoms with Gasteiger partial charge >= 0.3 is 0 Å². The average Bonchev–Trinajstić information content (AvgIpc) is 2.52. The van der Waals surface area contributed by atoms with Crippen molar-refractivity contribution in [1.82, 2.24) is 4.90 Å². The predicted octanol–water partition coefficient (Wildman–Crippen LogP) is 3.90. The minimum absolute atomic E-state index is 0.195. The highest BCUT2D eigenvalue weighted by Crippen LogP contribution is 2.36. The van der Waals surface area contributed by atoms with Crippen molar-refractivity contribution in [2.24, 2.45) is 23.0 Å². The molecule has 0 radical (unpaired) electrons. The number of likely N-dealkylation sites (tertiary alicyclic amines) is 1. The molecule has 19 heavy (non-hydrogen) atoms. The third kappa shape index (κ3) is 4.75. The van der Waals surface area contributed by atoms with Crippen LogP contribution in [0.25, 0.3) is 0 Å².